The van der Waals surface area contributed by atoms with Crippen molar-refractivity contribution in [1.82, 2.24) is 4.98 Å². The van der Waals surface area contributed by atoms with Crippen LogP contribution in [-0.4, -0.2) is 10.2 Å². The minimum Gasteiger partial charge on any atom is -0.354 e. The monoisotopic (exact) mass is 398 g/mol. The van der Waals surface area contributed by atoms with Gasteiger partial charge in [-0.25, -0.2) is 0 Å². The van der Waals surface area contributed by atoms with E-state index in [2.05, 4.69) is 10.3 Å². The molecule has 0 aliphatic heterocycles. The first kappa shape index (κ1) is 18.5. The maximum absolute atomic E-state index is 13.5. The van der Waals surface area contributed by atoms with Crippen molar-refractivity contribution in [2.75, 3.05) is 5.32 Å². The average Bonchev–Trinajstić information content (AvgIpc) is 2.60. The Morgan fingerprint density at radius 1 is 1.15 bits per heavy atom. The van der Waals surface area contributed by atoms with Gasteiger partial charge in [-0.3, -0.25) is 9.78 Å². The summed E-state index contributed by atoms with van der Waals surface area (Å²) >= 11 is 11.4. The third kappa shape index (κ3) is 3.61. The van der Waals surface area contributed by atoms with Gasteiger partial charge in [-0.05, 0) is 35.4 Å². The van der Waals surface area contributed by atoms with Crippen LogP contribution in [0.3, 0.4) is 0 Å². The minimum atomic E-state index is -4.63. The van der Waals surface area contributed by atoms with Crippen molar-refractivity contribution in [2.45, 2.75) is 12.1 Å². The van der Waals surface area contributed by atoms with E-state index < -0.39 is 17.0 Å². The molecule has 1 aromatic heterocycles. The molecule has 0 radical (unpaired) electrons. The largest absolute Gasteiger partial charge is 0.419 e. The molecule has 0 bridgehead atoms. The second-order valence-corrected chi connectivity index (χ2v) is 6.08. The van der Waals surface area contributed by atoms with Gasteiger partial charge in [-0.2, -0.15) is 13.2 Å². The zero-order valence-electron chi connectivity index (χ0n) is 13.1. The molecule has 0 unspecified atom stereocenters. The summed E-state index contributed by atoms with van der Waals surface area (Å²) in [6.07, 6.45) is -3.87. The number of nitrogens with zero attached hydrogens (tertiary/aromatic N) is 1. The van der Waals surface area contributed by atoms with Gasteiger partial charge in [0.25, 0.3) is 5.24 Å². The van der Waals surface area contributed by atoms with Gasteiger partial charge in [0.15, 0.2) is 0 Å². The van der Waals surface area contributed by atoms with Crippen LogP contribution in [0.5, 0.6) is 0 Å². The van der Waals surface area contributed by atoms with Crippen molar-refractivity contribution < 1.29 is 18.0 Å². The summed E-state index contributed by atoms with van der Waals surface area (Å²) in [7, 11) is 0. The fourth-order valence-electron chi connectivity index (χ4n) is 2.57. The number of hydrogen-bond acceptors (Lipinski definition) is 3. The molecule has 26 heavy (non-hydrogen) atoms. The molecule has 8 heteroatoms. The van der Waals surface area contributed by atoms with E-state index in [0.717, 1.165) is 6.20 Å². The molecular formula is C18H11Cl2F3N2O. The van der Waals surface area contributed by atoms with Crippen LogP contribution in [0.1, 0.15) is 21.5 Å². The Kier molecular flexibility index (Phi) is 5.07. The van der Waals surface area contributed by atoms with Gasteiger partial charge in [-0.15, -0.1) is 11.6 Å². The minimum absolute atomic E-state index is 0.0505. The molecule has 0 saturated carbocycles. The zero-order chi connectivity index (χ0) is 18.9. The van der Waals surface area contributed by atoms with Crippen LogP contribution in [0.4, 0.5) is 24.5 Å². The van der Waals surface area contributed by atoms with E-state index in [1.165, 1.54) is 18.2 Å². The Bertz CT molecular complexity index is 990. The molecule has 0 aliphatic rings. The van der Waals surface area contributed by atoms with Crippen molar-refractivity contribution in [3.63, 3.8) is 0 Å². The van der Waals surface area contributed by atoms with Gasteiger partial charge in [0, 0.05) is 17.5 Å². The fraction of sp³-hybridized carbons (Fsp3) is 0.111. The number of carbonyl (C=O) groups is 1. The lowest BCUT2D eigenvalue weighted by molar-refractivity contribution is -0.137. The van der Waals surface area contributed by atoms with Crippen LogP contribution in [-0.2, 0) is 12.1 Å². The van der Waals surface area contributed by atoms with Gasteiger partial charge < -0.3 is 5.32 Å². The molecule has 134 valence electrons. The molecule has 0 aliphatic carbocycles. The number of nitrogens with one attached hydrogen (secondary N) is 1. The van der Waals surface area contributed by atoms with Crippen molar-refractivity contribution in [1.29, 1.82) is 0 Å². The normalized spacial score (nSPS) is 11.6. The highest BCUT2D eigenvalue weighted by Crippen LogP contribution is 2.40. The highest BCUT2D eigenvalue weighted by atomic mass is 35.5. The van der Waals surface area contributed by atoms with E-state index >= 15 is 0 Å². The second kappa shape index (κ2) is 7.13. The van der Waals surface area contributed by atoms with Crippen LogP contribution < -0.4 is 5.32 Å². The summed E-state index contributed by atoms with van der Waals surface area (Å²) in [5.74, 6) is 0.134. The van der Waals surface area contributed by atoms with Crippen molar-refractivity contribution in [3.8, 4) is 0 Å². The summed E-state index contributed by atoms with van der Waals surface area (Å²) in [5.41, 5.74) is 0.0620. The Morgan fingerprint density at radius 3 is 2.54 bits per heavy atom. The second-order valence-electron chi connectivity index (χ2n) is 5.47. The van der Waals surface area contributed by atoms with Gasteiger partial charge in [0.1, 0.15) is 0 Å². The Hall–Kier alpha value is -2.31. The maximum Gasteiger partial charge on any atom is 0.419 e. The Labute approximate surface area is 156 Å². The van der Waals surface area contributed by atoms with E-state index in [9.17, 15) is 18.0 Å². The Morgan fingerprint density at radius 2 is 1.88 bits per heavy atom. The van der Waals surface area contributed by atoms with E-state index in [4.69, 9.17) is 23.2 Å². The lowest BCUT2D eigenvalue weighted by Gasteiger charge is -2.18. The maximum atomic E-state index is 13.5. The predicted molar refractivity (Wildman–Crippen MR) is 96.2 cm³/mol. The number of anilines is 2. The number of hydrogen-bond donors (Lipinski definition) is 1. The van der Waals surface area contributed by atoms with Crippen molar-refractivity contribution in [2.24, 2.45) is 0 Å². The van der Waals surface area contributed by atoms with Crippen molar-refractivity contribution >= 4 is 50.7 Å². The molecule has 0 saturated heterocycles. The van der Waals surface area contributed by atoms with Gasteiger partial charge in [0.05, 0.1) is 28.0 Å². The van der Waals surface area contributed by atoms with Crippen LogP contribution in [0.15, 0.2) is 48.7 Å². The van der Waals surface area contributed by atoms with E-state index in [1.54, 1.807) is 24.3 Å². The first-order chi connectivity index (χ1) is 12.3. The predicted octanol–water partition coefficient (Wildman–Crippen LogP) is 6.12. The topological polar surface area (TPSA) is 42.0 Å². The highest BCUT2D eigenvalue weighted by molar-refractivity contribution is 6.68. The number of para-hydroxylation sites is 1. The first-order valence-corrected chi connectivity index (χ1v) is 8.33. The van der Waals surface area contributed by atoms with Gasteiger partial charge in [-0.1, -0.05) is 24.3 Å². The molecule has 1 heterocycles. The highest BCUT2D eigenvalue weighted by Gasteiger charge is 2.35. The van der Waals surface area contributed by atoms with E-state index in [0.29, 0.717) is 11.1 Å². The summed E-state index contributed by atoms with van der Waals surface area (Å²) in [6, 6.07) is 10.9. The number of pyridine rings is 1. The molecule has 0 amide bonds. The number of alkyl halides is 4. The number of aromatic nitrogens is 1. The third-order valence-corrected chi connectivity index (χ3v) is 4.30. The van der Waals surface area contributed by atoms with E-state index in [1.807, 2.05) is 0 Å². The van der Waals surface area contributed by atoms with Gasteiger partial charge >= 0.3 is 6.18 Å². The first-order valence-electron chi connectivity index (χ1n) is 7.42. The van der Waals surface area contributed by atoms with Crippen LogP contribution in [0.25, 0.3) is 10.9 Å². The molecule has 3 nitrogen and oxygen atoms in total. The molecule has 1 N–H and O–H groups in total. The molecule has 0 fully saturated rings. The molecule has 2 aromatic carbocycles. The summed E-state index contributed by atoms with van der Waals surface area (Å²) in [5, 5.41) is 2.20. The average molecular weight is 399 g/mol. The quantitative estimate of drug-likeness (QED) is 0.425. The fourth-order valence-corrected chi connectivity index (χ4v) is 2.91. The molecule has 3 rings (SSSR count). The number of fused-ring (bicyclic) bond motifs is 1. The number of benzene rings is 2. The van der Waals surface area contributed by atoms with Crippen molar-refractivity contribution in [3.05, 3.63) is 65.4 Å². The SMILES string of the molecule is O=C(Cl)c1ccc(CCl)cc1Nc1c(C(F)(F)F)cnc2ccccc12. The molecule has 3 aromatic rings. The molecule has 0 spiro atoms. The zero-order valence-corrected chi connectivity index (χ0v) is 14.6. The van der Waals surface area contributed by atoms with Crippen LogP contribution in [0, 0.1) is 0 Å². The molecule has 0 atom stereocenters. The van der Waals surface area contributed by atoms with Crippen LogP contribution >= 0.6 is 23.2 Å². The lowest BCUT2D eigenvalue weighted by atomic mass is 10.1. The lowest BCUT2D eigenvalue weighted by Crippen LogP contribution is -2.11. The number of carbonyl (C=O) groups excluding carboxylic acids is 1. The summed E-state index contributed by atoms with van der Waals surface area (Å²) in [6.45, 7) is 0. The summed E-state index contributed by atoms with van der Waals surface area (Å²) in [4.78, 5) is 15.5. The number of halogens is 5. The standard InChI is InChI=1S/C18H11Cl2F3N2O/c19-8-10-5-6-12(17(20)26)15(7-10)25-16-11-3-1-2-4-14(11)24-9-13(16)18(21,22)23/h1-7,9H,8H2,(H,24,25). The molecular weight excluding hydrogens is 388 g/mol. The van der Waals surface area contributed by atoms with E-state index in [-0.39, 0.29) is 28.2 Å². The van der Waals surface area contributed by atoms with Crippen LogP contribution in [0.2, 0.25) is 0 Å². The third-order valence-electron chi connectivity index (χ3n) is 3.79. The Balaban J connectivity index is 2.24. The smallest absolute Gasteiger partial charge is 0.354 e. The summed E-state index contributed by atoms with van der Waals surface area (Å²) < 4.78 is 40.5. The van der Waals surface area contributed by atoms with Gasteiger partial charge in [0.2, 0.25) is 0 Å². The number of rotatable bonds is 4.